The number of esters is 1. The van der Waals surface area contributed by atoms with Crippen molar-refractivity contribution in [2.24, 2.45) is 7.05 Å². The van der Waals surface area contributed by atoms with E-state index >= 15 is 0 Å². The second-order valence-corrected chi connectivity index (χ2v) is 13.1. The number of anilines is 1. The Hall–Kier alpha value is -4.08. The zero-order valence-electron chi connectivity index (χ0n) is 24.4. The van der Waals surface area contributed by atoms with Gasteiger partial charge >= 0.3 is 18.4 Å². The number of sulfone groups is 1. The van der Waals surface area contributed by atoms with Gasteiger partial charge in [-0.05, 0) is 51.3 Å². The minimum absolute atomic E-state index is 0.0147. The van der Waals surface area contributed by atoms with Crippen LogP contribution in [0.5, 0.6) is 5.75 Å². The summed E-state index contributed by atoms with van der Waals surface area (Å²) >= 11 is 0. The number of halogens is 3. The lowest BCUT2D eigenvalue weighted by Crippen LogP contribution is -2.38. The van der Waals surface area contributed by atoms with Crippen LogP contribution in [0.2, 0.25) is 0 Å². The molecular weight excluding hydrogens is 595 g/mol. The molecule has 0 aliphatic heterocycles. The van der Waals surface area contributed by atoms with Crippen LogP contribution in [0.1, 0.15) is 62.5 Å². The molecule has 0 atom stereocenters. The van der Waals surface area contributed by atoms with Crippen molar-refractivity contribution >= 4 is 27.7 Å². The summed E-state index contributed by atoms with van der Waals surface area (Å²) in [5.41, 5.74) is -0.862. The van der Waals surface area contributed by atoms with Crippen LogP contribution in [-0.2, 0) is 32.9 Å². The van der Waals surface area contributed by atoms with Gasteiger partial charge in [0.2, 0.25) is 0 Å². The summed E-state index contributed by atoms with van der Waals surface area (Å²) in [4.78, 5) is 31.8. The number of amides is 1. The van der Waals surface area contributed by atoms with Gasteiger partial charge in [-0.2, -0.15) is 5.10 Å². The molecule has 0 unspecified atom stereocenters. The third-order valence-corrected chi connectivity index (χ3v) is 8.20. The molecule has 0 saturated heterocycles. The summed E-state index contributed by atoms with van der Waals surface area (Å²) in [6.45, 7) is 5.73. The van der Waals surface area contributed by atoms with Crippen molar-refractivity contribution in [2.75, 3.05) is 17.8 Å². The van der Waals surface area contributed by atoms with E-state index in [2.05, 4.69) is 14.8 Å². The van der Waals surface area contributed by atoms with Gasteiger partial charge in [0, 0.05) is 13.2 Å². The van der Waals surface area contributed by atoms with E-state index in [0.29, 0.717) is 5.56 Å². The second-order valence-electron chi connectivity index (χ2n) is 10.9. The largest absolute Gasteiger partial charge is 0.573 e. The van der Waals surface area contributed by atoms with Gasteiger partial charge in [-0.25, -0.2) is 23.0 Å². The summed E-state index contributed by atoms with van der Waals surface area (Å²) in [7, 11) is -1.51. The SMILES string of the molecule is CCS(=O)(=O)c1c(N(Cc2ccc(OC(F)(F)F)cc2C(=O)OC)C(=O)OC(C)(C)C)nc(-c2cnn(C3CC3)c2)n1C. The van der Waals surface area contributed by atoms with Gasteiger partial charge < -0.3 is 18.8 Å². The van der Waals surface area contributed by atoms with Crippen molar-refractivity contribution in [1.29, 1.82) is 0 Å². The van der Waals surface area contributed by atoms with Gasteiger partial charge in [0.25, 0.3) is 0 Å². The lowest BCUT2D eigenvalue weighted by molar-refractivity contribution is -0.274. The second kappa shape index (κ2) is 11.5. The van der Waals surface area contributed by atoms with Crippen LogP contribution in [-0.4, -0.2) is 64.6 Å². The highest BCUT2D eigenvalue weighted by atomic mass is 32.2. The number of alkyl halides is 3. The molecule has 1 aliphatic rings. The fourth-order valence-electron chi connectivity index (χ4n) is 4.28. The quantitative estimate of drug-likeness (QED) is 0.299. The summed E-state index contributed by atoms with van der Waals surface area (Å²) in [6.07, 6.45) is -0.838. The number of carbonyl (C=O) groups is 2. The Morgan fingerprint density at radius 3 is 2.40 bits per heavy atom. The summed E-state index contributed by atoms with van der Waals surface area (Å²) in [5.74, 6) is -2.13. The predicted molar refractivity (Wildman–Crippen MR) is 147 cm³/mol. The molecule has 43 heavy (non-hydrogen) atoms. The van der Waals surface area contributed by atoms with Crippen LogP contribution < -0.4 is 9.64 Å². The number of ether oxygens (including phenoxy) is 3. The Morgan fingerprint density at radius 1 is 1.16 bits per heavy atom. The molecule has 4 rings (SSSR count). The number of hydrogen-bond acceptors (Lipinski definition) is 9. The van der Waals surface area contributed by atoms with Crippen LogP contribution in [0.25, 0.3) is 11.4 Å². The fraction of sp³-hybridized carbons (Fsp3) is 0.481. The molecule has 1 amide bonds. The highest BCUT2D eigenvalue weighted by Gasteiger charge is 2.36. The Labute approximate surface area is 246 Å². The number of nitrogens with zero attached hydrogens (tertiary/aromatic N) is 5. The van der Waals surface area contributed by atoms with E-state index in [1.807, 2.05) is 0 Å². The van der Waals surface area contributed by atoms with Crippen LogP contribution >= 0.6 is 0 Å². The number of rotatable bonds is 9. The first-order valence-corrected chi connectivity index (χ1v) is 14.9. The molecule has 234 valence electrons. The van der Waals surface area contributed by atoms with E-state index in [9.17, 15) is 31.2 Å². The van der Waals surface area contributed by atoms with E-state index in [1.165, 1.54) is 18.5 Å². The number of aromatic nitrogens is 4. The van der Waals surface area contributed by atoms with Crippen molar-refractivity contribution in [2.45, 2.75) is 70.1 Å². The number of methoxy groups -OCH3 is 1. The van der Waals surface area contributed by atoms with Crippen molar-refractivity contribution in [1.82, 2.24) is 19.3 Å². The van der Waals surface area contributed by atoms with Crippen molar-refractivity contribution in [3.05, 3.63) is 41.7 Å². The number of benzene rings is 1. The summed E-state index contributed by atoms with van der Waals surface area (Å²) in [6, 6.07) is 3.17. The Balaban J connectivity index is 1.90. The minimum atomic E-state index is -5.03. The third-order valence-electron chi connectivity index (χ3n) is 6.40. The van der Waals surface area contributed by atoms with Crippen LogP contribution in [0.15, 0.2) is 35.6 Å². The number of hydrogen-bond donors (Lipinski definition) is 0. The molecule has 1 aromatic carbocycles. The molecule has 12 nitrogen and oxygen atoms in total. The molecule has 1 saturated carbocycles. The molecule has 1 fully saturated rings. The molecule has 0 bridgehead atoms. The van der Waals surface area contributed by atoms with Crippen LogP contribution in [0.3, 0.4) is 0 Å². The predicted octanol–water partition coefficient (Wildman–Crippen LogP) is 5.04. The van der Waals surface area contributed by atoms with Gasteiger partial charge in [-0.1, -0.05) is 13.0 Å². The van der Waals surface area contributed by atoms with E-state index < -0.39 is 46.2 Å². The number of imidazole rings is 1. The van der Waals surface area contributed by atoms with Gasteiger partial charge in [0.05, 0.1) is 42.8 Å². The lowest BCUT2D eigenvalue weighted by Gasteiger charge is -2.27. The Morgan fingerprint density at radius 2 is 1.84 bits per heavy atom. The first-order valence-electron chi connectivity index (χ1n) is 13.3. The maximum Gasteiger partial charge on any atom is 0.573 e. The van der Waals surface area contributed by atoms with E-state index in [-0.39, 0.29) is 39.6 Å². The maximum atomic E-state index is 13.6. The zero-order chi connectivity index (χ0) is 31.9. The molecule has 0 N–H and O–H groups in total. The van der Waals surface area contributed by atoms with Crippen LogP contribution in [0.4, 0.5) is 23.8 Å². The Bertz CT molecular complexity index is 1640. The zero-order valence-corrected chi connectivity index (χ0v) is 25.2. The highest BCUT2D eigenvalue weighted by Crippen LogP contribution is 2.37. The average molecular weight is 628 g/mol. The normalized spacial score (nSPS) is 14.0. The molecular formula is C27H32F3N5O7S. The smallest absolute Gasteiger partial charge is 0.465 e. The van der Waals surface area contributed by atoms with Gasteiger partial charge in [0.15, 0.2) is 20.7 Å². The number of carbonyl (C=O) groups excluding carboxylic acids is 2. The molecule has 2 aromatic heterocycles. The van der Waals surface area contributed by atoms with Crippen molar-refractivity contribution in [3.63, 3.8) is 0 Å². The molecule has 16 heteroatoms. The molecule has 2 heterocycles. The topological polar surface area (TPSA) is 135 Å². The third kappa shape index (κ3) is 7.29. The average Bonchev–Trinajstić information content (AvgIpc) is 3.53. The first-order chi connectivity index (χ1) is 19.9. The van der Waals surface area contributed by atoms with E-state index in [4.69, 9.17) is 9.47 Å². The van der Waals surface area contributed by atoms with Crippen LogP contribution in [0, 0.1) is 0 Å². The fourth-order valence-corrected chi connectivity index (χ4v) is 5.50. The summed E-state index contributed by atoms with van der Waals surface area (Å²) in [5, 5.41) is 4.05. The van der Waals surface area contributed by atoms with E-state index in [1.54, 1.807) is 37.8 Å². The van der Waals surface area contributed by atoms with Gasteiger partial charge in [-0.3, -0.25) is 9.58 Å². The maximum absolute atomic E-state index is 13.6. The first kappa shape index (κ1) is 31.8. The van der Waals surface area contributed by atoms with Crippen molar-refractivity contribution < 1.29 is 45.4 Å². The molecule has 0 spiro atoms. The van der Waals surface area contributed by atoms with E-state index in [0.717, 1.165) is 43.1 Å². The highest BCUT2D eigenvalue weighted by molar-refractivity contribution is 7.91. The molecule has 1 aliphatic carbocycles. The molecule has 3 aromatic rings. The van der Waals surface area contributed by atoms with Gasteiger partial charge in [0.1, 0.15) is 17.2 Å². The van der Waals surface area contributed by atoms with Gasteiger partial charge in [-0.15, -0.1) is 13.2 Å². The summed E-state index contributed by atoms with van der Waals surface area (Å²) < 4.78 is 82.9. The Kier molecular flexibility index (Phi) is 8.55. The standard InChI is InChI=1S/C27H32F3N5O7S/c1-7-43(38,39)23-22(32-21(33(23)5)17-13-31-35(15-17)18-9-10-18)34(25(37)42-26(2,3)4)14-16-8-11-19(41-27(28,29)30)12-20(16)24(36)40-6/h8,11-13,15,18H,7,9-10,14H2,1-6H3. The molecule has 0 radical (unpaired) electrons. The monoisotopic (exact) mass is 627 g/mol. The minimum Gasteiger partial charge on any atom is -0.465 e. The lowest BCUT2D eigenvalue weighted by atomic mass is 10.1. The van der Waals surface area contributed by atoms with Crippen molar-refractivity contribution in [3.8, 4) is 17.1 Å².